The van der Waals surface area contributed by atoms with E-state index in [9.17, 15) is 8.78 Å². The first kappa shape index (κ1) is 16.0. The van der Waals surface area contributed by atoms with E-state index in [-0.39, 0.29) is 6.04 Å². The minimum Gasteiger partial charge on any atom is -0.306 e. The highest BCUT2D eigenvalue weighted by atomic mass is 32.2. The van der Waals surface area contributed by atoms with Crippen molar-refractivity contribution in [3.05, 3.63) is 65.2 Å². The molecule has 0 spiro atoms. The molecule has 2 rings (SSSR count). The Balaban J connectivity index is 2.36. The van der Waals surface area contributed by atoms with E-state index < -0.39 is 11.6 Å². The van der Waals surface area contributed by atoms with E-state index in [0.717, 1.165) is 29.5 Å². The van der Waals surface area contributed by atoms with Gasteiger partial charge >= 0.3 is 0 Å². The highest BCUT2D eigenvalue weighted by Crippen LogP contribution is 2.26. The quantitative estimate of drug-likeness (QED) is 0.771. The molecule has 0 aliphatic rings. The Kier molecular flexibility index (Phi) is 5.76. The number of thioether (sulfide) groups is 1. The number of nitrogens with one attached hydrogen (secondary N) is 1. The van der Waals surface area contributed by atoms with E-state index >= 15 is 0 Å². The van der Waals surface area contributed by atoms with Gasteiger partial charge < -0.3 is 5.32 Å². The number of benzene rings is 2. The van der Waals surface area contributed by atoms with Gasteiger partial charge in [0.1, 0.15) is 11.6 Å². The van der Waals surface area contributed by atoms with Crippen LogP contribution in [0.1, 0.15) is 30.5 Å². The summed E-state index contributed by atoms with van der Waals surface area (Å²) in [5.41, 5.74) is 1.45. The Morgan fingerprint density at radius 3 is 2.38 bits per heavy atom. The van der Waals surface area contributed by atoms with Crippen molar-refractivity contribution in [2.75, 3.05) is 12.8 Å². The SMILES string of the molecule is CCCNC(c1ccc(SC)cc1)c1ccc(F)cc1F. The fourth-order valence-corrected chi connectivity index (χ4v) is 2.64. The summed E-state index contributed by atoms with van der Waals surface area (Å²) in [5.74, 6) is -1.07. The average Bonchev–Trinajstić information content (AvgIpc) is 2.50. The maximum Gasteiger partial charge on any atom is 0.131 e. The van der Waals surface area contributed by atoms with Crippen LogP contribution in [0.3, 0.4) is 0 Å². The third kappa shape index (κ3) is 4.05. The lowest BCUT2D eigenvalue weighted by atomic mass is 9.98. The molecule has 4 heteroatoms. The summed E-state index contributed by atoms with van der Waals surface area (Å²) in [7, 11) is 0. The van der Waals surface area contributed by atoms with Gasteiger partial charge in [-0.15, -0.1) is 11.8 Å². The van der Waals surface area contributed by atoms with Gasteiger partial charge in [0, 0.05) is 16.5 Å². The van der Waals surface area contributed by atoms with E-state index in [1.165, 1.54) is 12.1 Å². The number of hydrogen-bond acceptors (Lipinski definition) is 2. The van der Waals surface area contributed by atoms with E-state index in [2.05, 4.69) is 12.2 Å². The fourth-order valence-electron chi connectivity index (χ4n) is 2.23. The minimum atomic E-state index is -0.553. The fraction of sp³-hybridized carbons (Fsp3) is 0.294. The first-order valence-electron chi connectivity index (χ1n) is 6.98. The Morgan fingerprint density at radius 1 is 1.10 bits per heavy atom. The molecular weight excluding hydrogens is 288 g/mol. The summed E-state index contributed by atoms with van der Waals surface area (Å²) in [6.45, 7) is 2.83. The van der Waals surface area contributed by atoms with E-state index in [4.69, 9.17) is 0 Å². The van der Waals surface area contributed by atoms with Crippen molar-refractivity contribution in [2.45, 2.75) is 24.3 Å². The van der Waals surface area contributed by atoms with Crippen molar-refractivity contribution in [3.8, 4) is 0 Å². The van der Waals surface area contributed by atoms with Crippen LogP contribution in [0.5, 0.6) is 0 Å². The van der Waals surface area contributed by atoms with Crippen LogP contribution in [0, 0.1) is 11.6 Å². The highest BCUT2D eigenvalue weighted by molar-refractivity contribution is 7.98. The van der Waals surface area contributed by atoms with E-state index in [1.54, 1.807) is 11.8 Å². The molecule has 0 fully saturated rings. The first-order chi connectivity index (χ1) is 10.2. The molecular formula is C17H19F2NS. The zero-order valence-corrected chi connectivity index (χ0v) is 13.0. The summed E-state index contributed by atoms with van der Waals surface area (Å²) in [4.78, 5) is 1.16. The van der Waals surface area contributed by atoms with Crippen LogP contribution in [0.2, 0.25) is 0 Å². The van der Waals surface area contributed by atoms with Gasteiger partial charge in [-0.25, -0.2) is 8.78 Å². The van der Waals surface area contributed by atoms with Crippen molar-refractivity contribution in [3.63, 3.8) is 0 Å². The molecule has 1 N–H and O–H groups in total. The second-order valence-corrected chi connectivity index (χ2v) is 5.71. The van der Waals surface area contributed by atoms with Crippen LogP contribution < -0.4 is 5.32 Å². The van der Waals surface area contributed by atoms with Gasteiger partial charge in [-0.2, -0.15) is 0 Å². The third-order valence-corrected chi connectivity index (χ3v) is 4.06. The monoisotopic (exact) mass is 307 g/mol. The lowest BCUT2D eigenvalue weighted by Gasteiger charge is -2.20. The zero-order valence-electron chi connectivity index (χ0n) is 12.2. The Labute approximate surface area is 128 Å². The van der Waals surface area contributed by atoms with Crippen LogP contribution in [0.4, 0.5) is 8.78 Å². The molecule has 0 amide bonds. The molecule has 2 aromatic rings. The lowest BCUT2D eigenvalue weighted by Crippen LogP contribution is -2.24. The molecule has 0 aromatic heterocycles. The lowest BCUT2D eigenvalue weighted by molar-refractivity contribution is 0.532. The molecule has 0 saturated carbocycles. The van der Waals surface area contributed by atoms with E-state index in [0.29, 0.717) is 5.56 Å². The number of hydrogen-bond donors (Lipinski definition) is 1. The van der Waals surface area contributed by atoms with Crippen molar-refractivity contribution in [1.82, 2.24) is 5.32 Å². The highest BCUT2D eigenvalue weighted by Gasteiger charge is 2.17. The second-order valence-electron chi connectivity index (χ2n) is 4.83. The van der Waals surface area contributed by atoms with Crippen molar-refractivity contribution in [1.29, 1.82) is 0 Å². The summed E-state index contributed by atoms with van der Waals surface area (Å²) in [6, 6.07) is 11.5. The largest absolute Gasteiger partial charge is 0.306 e. The molecule has 1 unspecified atom stereocenters. The minimum absolute atomic E-state index is 0.263. The number of rotatable bonds is 6. The molecule has 0 aliphatic heterocycles. The van der Waals surface area contributed by atoms with Gasteiger partial charge in [0.05, 0.1) is 6.04 Å². The summed E-state index contributed by atoms with van der Waals surface area (Å²) in [6.07, 6.45) is 2.96. The number of halogens is 2. The average molecular weight is 307 g/mol. The molecule has 112 valence electrons. The van der Waals surface area contributed by atoms with Gasteiger partial charge in [-0.3, -0.25) is 0 Å². The predicted molar refractivity (Wildman–Crippen MR) is 84.7 cm³/mol. The van der Waals surface area contributed by atoms with Gasteiger partial charge in [-0.1, -0.05) is 25.1 Å². The Bertz CT molecular complexity index is 584. The molecule has 0 saturated heterocycles. The standard InChI is InChI=1S/C17H19F2NS/c1-3-10-20-17(12-4-7-14(21-2)8-5-12)15-9-6-13(18)11-16(15)19/h4-9,11,17,20H,3,10H2,1-2H3. The van der Waals surface area contributed by atoms with Crippen molar-refractivity contribution in [2.24, 2.45) is 0 Å². The topological polar surface area (TPSA) is 12.0 Å². The van der Waals surface area contributed by atoms with E-state index in [1.807, 2.05) is 30.5 Å². The maximum atomic E-state index is 14.1. The first-order valence-corrected chi connectivity index (χ1v) is 8.20. The summed E-state index contributed by atoms with van der Waals surface area (Å²) < 4.78 is 27.2. The molecule has 0 radical (unpaired) electrons. The van der Waals surface area contributed by atoms with Gasteiger partial charge in [0.15, 0.2) is 0 Å². The third-order valence-electron chi connectivity index (χ3n) is 3.32. The molecule has 1 atom stereocenters. The Hall–Kier alpha value is -1.39. The normalized spacial score (nSPS) is 12.4. The zero-order chi connectivity index (χ0) is 15.2. The van der Waals surface area contributed by atoms with Crippen molar-refractivity contribution >= 4 is 11.8 Å². The molecule has 0 heterocycles. The summed E-state index contributed by atoms with van der Waals surface area (Å²) in [5, 5.41) is 3.33. The van der Waals surface area contributed by atoms with Gasteiger partial charge in [0.2, 0.25) is 0 Å². The van der Waals surface area contributed by atoms with Gasteiger partial charge in [-0.05, 0) is 43.0 Å². The molecule has 2 aromatic carbocycles. The Morgan fingerprint density at radius 2 is 1.81 bits per heavy atom. The van der Waals surface area contributed by atoms with Crippen LogP contribution in [-0.2, 0) is 0 Å². The second kappa shape index (κ2) is 7.57. The van der Waals surface area contributed by atoms with Crippen LogP contribution in [0.15, 0.2) is 47.4 Å². The van der Waals surface area contributed by atoms with Crippen LogP contribution >= 0.6 is 11.8 Å². The van der Waals surface area contributed by atoms with Crippen molar-refractivity contribution < 1.29 is 8.78 Å². The van der Waals surface area contributed by atoms with Crippen LogP contribution in [0.25, 0.3) is 0 Å². The predicted octanol–water partition coefficient (Wildman–Crippen LogP) is 4.78. The smallest absolute Gasteiger partial charge is 0.131 e. The van der Waals surface area contributed by atoms with Gasteiger partial charge in [0.25, 0.3) is 0 Å². The molecule has 0 bridgehead atoms. The van der Waals surface area contributed by atoms with Crippen LogP contribution in [-0.4, -0.2) is 12.8 Å². The molecule has 1 nitrogen and oxygen atoms in total. The summed E-state index contributed by atoms with van der Waals surface area (Å²) >= 11 is 1.66. The maximum absolute atomic E-state index is 14.1. The molecule has 21 heavy (non-hydrogen) atoms. The molecule has 0 aliphatic carbocycles.